The fraction of sp³-hybridized carbons (Fsp3) is 0.240. The molecule has 0 saturated heterocycles. The first-order chi connectivity index (χ1) is 15.6. The lowest BCUT2D eigenvalue weighted by molar-refractivity contribution is -0.132. The van der Waals surface area contributed by atoms with Gasteiger partial charge in [0.05, 0.1) is 24.8 Å². The summed E-state index contributed by atoms with van der Waals surface area (Å²) < 4.78 is 5.45. The summed E-state index contributed by atoms with van der Waals surface area (Å²) in [6.07, 6.45) is 0.658. The maximum Gasteiger partial charge on any atom is 0.261 e. The number of rotatable bonds is 9. The molecule has 0 aliphatic carbocycles. The molecule has 3 aromatic rings. The van der Waals surface area contributed by atoms with Crippen LogP contribution in [0.4, 0.5) is 0 Å². The van der Waals surface area contributed by atoms with Gasteiger partial charge in [-0.25, -0.2) is 0 Å². The van der Waals surface area contributed by atoms with Gasteiger partial charge in [-0.05, 0) is 36.1 Å². The molecule has 1 aliphatic heterocycles. The standard InChI is InChI=1S/C25H24N2O4S/c1-31-22-12-5-2-8-18(22)16-26(17-19-9-7-15-32-19)23(28)13-6-14-27-24(29)20-10-3-4-11-21(20)25(27)30/h2-5,7-12,15H,6,13-14,16-17H2,1H3. The third-order valence-electron chi connectivity index (χ3n) is 5.48. The van der Waals surface area contributed by atoms with Crippen LogP contribution in [0.5, 0.6) is 5.75 Å². The van der Waals surface area contributed by atoms with Gasteiger partial charge < -0.3 is 9.64 Å². The van der Waals surface area contributed by atoms with Crippen molar-refractivity contribution in [1.82, 2.24) is 9.80 Å². The summed E-state index contributed by atoms with van der Waals surface area (Å²) in [6, 6.07) is 18.4. The number of hydrogen-bond acceptors (Lipinski definition) is 5. The Labute approximate surface area is 191 Å². The maximum atomic E-state index is 13.1. The smallest absolute Gasteiger partial charge is 0.261 e. The zero-order chi connectivity index (χ0) is 22.5. The first kappa shape index (κ1) is 21.8. The van der Waals surface area contributed by atoms with Crippen LogP contribution in [-0.2, 0) is 17.9 Å². The molecule has 0 bridgehead atoms. The Morgan fingerprint density at radius 3 is 2.28 bits per heavy atom. The van der Waals surface area contributed by atoms with Crippen molar-refractivity contribution in [1.29, 1.82) is 0 Å². The average Bonchev–Trinajstić information content (AvgIpc) is 3.41. The highest BCUT2D eigenvalue weighted by Crippen LogP contribution is 2.24. The fourth-order valence-corrected chi connectivity index (χ4v) is 4.57. The second-order valence-electron chi connectivity index (χ2n) is 7.55. The van der Waals surface area contributed by atoms with E-state index in [0.717, 1.165) is 16.2 Å². The number of methoxy groups -OCH3 is 1. The molecule has 0 spiro atoms. The second kappa shape index (κ2) is 9.78. The van der Waals surface area contributed by atoms with Crippen molar-refractivity contribution in [2.45, 2.75) is 25.9 Å². The molecule has 0 unspecified atom stereocenters. The van der Waals surface area contributed by atoms with Crippen molar-refractivity contribution < 1.29 is 19.1 Å². The topological polar surface area (TPSA) is 66.9 Å². The van der Waals surface area contributed by atoms with Crippen molar-refractivity contribution in [3.8, 4) is 5.75 Å². The molecule has 0 N–H and O–H groups in total. The summed E-state index contributed by atoms with van der Waals surface area (Å²) >= 11 is 1.60. The number of imide groups is 1. The van der Waals surface area contributed by atoms with Crippen LogP contribution in [-0.4, -0.2) is 41.2 Å². The van der Waals surface area contributed by atoms with Crippen LogP contribution in [0.2, 0.25) is 0 Å². The van der Waals surface area contributed by atoms with Crippen molar-refractivity contribution in [2.75, 3.05) is 13.7 Å². The highest BCUT2D eigenvalue weighted by atomic mass is 32.1. The Kier molecular flexibility index (Phi) is 6.66. The minimum absolute atomic E-state index is 0.0269. The first-order valence-electron chi connectivity index (χ1n) is 10.5. The van der Waals surface area contributed by atoms with E-state index in [9.17, 15) is 14.4 Å². The normalized spacial score (nSPS) is 12.7. The van der Waals surface area contributed by atoms with Gasteiger partial charge >= 0.3 is 0 Å². The minimum Gasteiger partial charge on any atom is -0.496 e. The number of carbonyl (C=O) groups is 3. The van der Waals surface area contributed by atoms with Gasteiger partial charge in [0.2, 0.25) is 5.91 Å². The molecule has 3 amide bonds. The summed E-state index contributed by atoms with van der Waals surface area (Å²) in [6.45, 7) is 1.15. The van der Waals surface area contributed by atoms with E-state index in [1.54, 1.807) is 47.6 Å². The van der Waals surface area contributed by atoms with E-state index < -0.39 is 0 Å². The molecule has 0 fully saturated rings. The number of thiophene rings is 1. The predicted octanol–water partition coefficient (Wildman–Crippen LogP) is 4.36. The Balaban J connectivity index is 1.41. The first-order valence-corrected chi connectivity index (χ1v) is 11.3. The van der Waals surface area contributed by atoms with E-state index in [-0.39, 0.29) is 30.7 Å². The molecule has 1 aromatic heterocycles. The molecule has 0 saturated carbocycles. The summed E-state index contributed by atoms with van der Waals surface area (Å²) in [5.41, 5.74) is 1.79. The van der Waals surface area contributed by atoms with Crippen molar-refractivity contribution in [2.24, 2.45) is 0 Å². The Morgan fingerprint density at radius 2 is 1.62 bits per heavy atom. The maximum absolute atomic E-state index is 13.1. The molecular weight excluding hydrogens is 424 g/mol. The number of fused-ring (bicyclic) bond motifs is 1. The van der Waals surface area contributed by atoms with Crippen LogP contribution in [0.3, 0.4) is 0 Å². The van der Waals surface area contributed by atoms with E-state index in [0.29, 0.717) is 30.6 Å². The van der Waals surface area contributed by atoms with Gasteiger partial charge in [-0.15, -0.1) is 11.3 Å². The Morgan fingerprint density at radius 1 is 0.938 bits per heavy atom. The summed E-state index contributed by atoms with van der Waals surface area (Å²) in [4.78, 5) is 42.3. The minimum atomic E-state index is -0.289. The van der Waals surface area contributed by atoms with Crippen molar-refractivity contribution in [3.05, 3.63) is 87.6 Å². The largest absolute Gasteiger partial charge is 0.496 e. The van der Waals surface area contributed by atoms with E-state index >= 15 is 0 Å². The van der Waals surface area contributed by atoms with Gasteiger partial charge in [0.1, 0.15) is 5.75 Å². The van der Waals surface area contributed by atoms with E-state index in [1.165, 1.54) is 4.90 Å². The third kappa shape index (κ3) is 4.57. The highest BCUT2D eigenvalue weighted by Gasteiger charge is 2.34. The number of ether oxygens (including phenoxy) is 1. The van der Waals surface area contributed by atoms with Crippen LogP contribution in [0, 0.1) is 0 Å². The molecule has 0 radical (unpaired) electrons. The zero-order valence-electron chi connectivity index (χ0n) is 17.8. The Hall–Kier alpha value is -3.45. The second-order valence-corrected chi connectivity index (χ2v) is 8.58. The predicted molar refractivity (Wildman–Crippen MR) is 123 cm³/mol. The summed E-state index contributed by atoms with van der Waals surface area (Å²) in [5.74, 6) is 0.133. The summed E-state index contributed by atoms with van der Waals surface area (Å²) in [5, 5.41) is 1.99. The van der Waals surface area contributed by atoms with Gasteiger partial charge in [0.25, 0.3) is 11.8 Å². The van der Waals surface area contributed by atoms with Gasteiger partial charge in [-0.2, -0.15) is 0 Å². The van der Waals surface area contributed by atoms with Crippen LogP contribution in [0.25, 0.3) is 0 Å². The van der Waals surface area contributed by atoms with Crippen molar-refractivity contribution >= 4 is 29.1 Å². The highest BCUT2D eigenvalue weighted by molar-refractivity contribution is 7.09. The van der Waals surface area contributed by atoms with Gasteiger partial charge in [0, 0.05) is 30.0 Å². The molecule has 0 atom stereocenters. The molecule has 4 rings (SSSR count). The molecule has 2 heterocycles. The van der Waals surface area contributed by atoms with E-state index in [4.69, 9.17) is 4.74 Å². The third-order valence-corrected chi connectivity index (χ3v) is 6.34. The van der Waals surface area contributed by atoms with E-state index in [1.807, 2.05) is 41.8 Å². The molecule has 6 nitrogen and oxygen atoms in total. The quantitative estimate of drug-likeness (QED) is 0.456. The number of para-hydroxylation sites is 1. The van der Waals surface area contributed by atoms with Gasteiger partial charge in [-0.1, -0.05) is 36.4 Å². The van der Waals surface area contributed by atoms with Crippen LogP contribution in [0.1, 0.15) is 44.0 Å². The van der Waals surface area contributed by atoms with Gasteiger partial charge in [-0.3, -0.25) is 19.3 Å². The SMILES string of the molecule is COc1ccccc1CN(Cc1cccs1)C(=O)CCCN1C(=O)c2ccccc2C1=O. The average molecular weight is 449 g/mol. The Bertz CT molecular complexity index is 1090. The molecular formula is C25H24N2O4S. The van der Waals surface area contributed by atoms with E-state index in [2.05, 4.69) is 0 Å². The number of amides is 3. The lowest BCUT2D eigenvalue weighted by Gasteiger charge is -2.24. The monoisotopic (exact) mass is 448 g/mol. The van der Waals surface area contributed by atoms with Gasteiger partial charge in [0.15, 0.2) is 0 Å². The summed E-state index contributed by atoms with van der Waals surface area (Å²) in [7, 11) is 1.62. The molecule has 32 heavy (non-hydrogen) atoms. The number of carbonyl (C=O) groups excluding carboxylic acids is 3. The molecule has 2 aromatic carbocycles. The molecule has 1 aliphatic rings. The van der Waals surface area contributed by atoms with Crippen LogP contribution >= 0.6 is 11.3 Å². The number of benzene rings is 2. The fourth-order valence-electron chi connectivity index (χ4n) is 3.85. The number of nitrogens with zero attached hydrogens (tertiary/aromatic N) is 2. The zero-order valence-corrected chi connectivity index (χ0v) is 18.6. The van der Waals surface area contributed by atoms with Crippen LogP contribution in [0.15, 0.2) is 66.0 Å². The molecule has 164 valence electrons. The van der Waals surface area contributed by atoms with Crippen molar-refractivity contribution in [3.63, 3.8) is 0 Å². The lowest BCUT2D eigenvalue weighted by Crippen LogP contribution is -2.33. The number of hydrogen-bond donors (Lipinski definition) is 0. The lowest BCUT2D eigenvalue weighted by atomic mass is 10.1. The van der Waals surface area contributed by atoms with Crippen LogP contribution < -0.4 is 4.74 Å². The molecule has 7 heteroatoms.